The number of methoxy groups -OCH3 is 1. The van der Waals surface area contributed by atoms with Gasteiger partial charge in [0.1, 0.15) is 5.75 Å². The Labute approximate surface area is 167 Å². The Balaban J connectivity index is 1.53. The highest BCUT2D eigenvalue weighted by Gasteiger charge is 2.28. The maximum atomic E-state index is 6.11. The van der Waals surface area contributed by atoms with Crippen LogP contribution in [0.25, 0.3) is 0 Å². The van der Waals surface area contributed by atoms with Crippen LogP contribution >= 0.6 is 23.8 Å². The minimum atomic E-state index is 0.670. The molecule has 1 aliphatic carbocycles. The van der Waals surface area contributed by atoms with E-state index in [2.05, 4.69) is 22.2 Å². The average molecular weight is 396 g/mol. The molecule has 0 spiro atoms. The Kier molecular flexibility index (Phi) is 7.01. The number of nitrogens with zero attached hydrogens (tertiary/aromatic N) is 2. The predicted molar refractivity (Wildman–Crippen MR) is 113 cm³/mol. The molecule has 0 unspecified atom stereocenters. The third-order valence-electron chi connectivity index (χ3n) is 5.88. The lowest BCUT2D eigenvalue weighted by Crippen LogP contribution is -2.49. The van der Waals surface area contributed by atoms with Crippen molar-refractivity contribution in [1.29, 1.82) is 0 Å². The van der Waals surface area contributed by atoms with Crippen molar-refractivity contribution in [2.24, 2.45) is 0 Å². The zero-order chi connectivity index (χ0) is 18.5. The number of halogens is 1. The van der Waals surface area contributed by atoms with E-state index in [-0.39, 0.29) is 0 Å². The fourth-order valence-electron chi connectivity index (χ4n) is 4.23. The maximum Gasteiger partial charge on any atom is 0.173 e. The van der Waals surface area contributed by atoms with Crippen molar-refractivity contribution in [1.82, 2.24) is 9.80 Å². The van der Waals surface area contributed by atoms with E-state index in [4.69, 9.17) is 28.6 Å². The van der Waals surface area contributed by atoms with E-state index in [1.807, 2.05) is 18.2 Å². The minimum Gasteiger partial charge on any atom is -0.495 e. The quantitative estimate of drug-likeness (QED) is 0.741. The Morgan fingerprint density at radius 2 is 1.81 bits per heavy atom. The molecule has 1 aromatic carbocycles. The lowest BCUT2D eigenvalue weighted by Gasteiger charge is -2.42. The van der Waals surface area contributed by atoms with Gasteiger partial charge in [-0.05, 0) is 63.1 Å². The molecule has 26 heavy (non-hydrogen) atoms. The molecule has 1 heterocycles. The molecule has 0 radical (unpaired) electrons. The van der Waals surface area contributed by atoms with Crippen LogP contribution in [0.15, 0.2) is 18.2 Å². The lowest BCUT2D eigenvalue weighted by molar-refractivity contribution is 0.0985. The van der Waals surface area contributed by atoms with Crippen molar-refractivity contribution in [2.75, 3.05) is 32.6 Å². The summed E-state index contributed by atoms with van der Waals surface area (Å²) in [4.78, 5) is 4.91. The van der Waals surface area contributed by atoms with E-state index < -0.39 is 0 Å². The van der Waals surface area contributed by atoms with Gasteiger partial charge >= 0.3 is 0 Å². The molecule has 0 bridgehead atoms. The van der Waals surface area contributed by atoms with E-state index in [9.17, 15) is 0 Å². The molecule has 1 saturated heterocycles. The topological polar surface area (TPSA) is 27.7 Å². The SMILES string of the molecule is COc1ccc(Cl)cc1NC(=S)N1CCC(N(C)C2CCCCC2)CC1. The van der Waals surface area contributed by atoms with Gasteiger partial charge in [-0.15, -0.1) is 0 Å². The number of piperidine rings is 1. The zero-order valence-corrected chi connectivity index (χ0v) is 17.4. The second-order valence-corrected chi connectivity index (χ2v) is 8.27. The maximum absolute atomic E-state index is 6.11. The molecule has 3 rings (SSSR count). The smallest absolute Gasteiger partial charge is 0.173 e. The number of likely N-dealkylation sites (tertiary alicyclic amines) is 1. The van der Waals surface area contributed by atoms with Crippen LogP contribution in [0, 0.1) is 0 Å². The molecule has 1 N–H and O–H groups in total. The molecule has 144 valence electrons. The molecule has 1 saturated carbocycles. The number of anilines is 1. The third kappa shape index (κ3) is 4.81. The van der Waals surface area contributed by atoms with Crippen molar-refractivity contribution in [3.8, 4) is 5.75 Å². The van der Waals surface area contributed by atoms with Crippen LogP contribution in [-0.4, -0.2) is 54.2 Å². The molecule has 4 nitrogen and oxygen atoms in total. The molecule has 0 atom stereocenters. The number of nitrogens with one attached hydrogen (secondary N) is 1. The number of rotatable bonds is 4. The molecule has 1 aromatic rings. The Hall–Kier alpha value is -1.04. The summed E-state index contributed by atoms with van der Waals surface area (Å²) >= 11 is 11.8. The summed E-state index contributed by atoms with van der Waals surface area (Å²) in [6, 6.07) is 7.00. The first-order chi connectivity index (χ1) is 12.6. The molecule has 0 amide bonds. The van der Waals surface area contributed by atoms with Gasteiger partial charge in [-0.25, -0.2) is 0 Å². The number of ether oxygens (including phenoxy) is 1. The predicted octanol–water partition coefficient (Wildman–Crippen LogP) is 4.77. The number of hydrogen-bond donors (Lipinski definition) is 1. The van der Waals surface area contributed by atoms with Crippen molar-refractivity contribution >= 4 is 34.6 Å². The number of benzene rings is 1. The number of thiocarbonyl (C=S) groups is 1. The van der Waals surface area contributed by atoms with Crippen LogP contribution in [0.2, 0.25) is 5.02 Å². The summed E-state index contributed by atoms with van der Waals surface area (Å²) < 4.78 is 5.40. The largest absolute Gasteiger partial charge is 0.495 e. The highest BCUT2D eigenvalue weighted by atomic mass is 35.5. The monoisotopic (exact) mass is 395 g/mol. The summed E-state index contributed by atoms with van der Waals surface area (Å²) in [6.07, 6.45) is 9.27. The first kappa shape index (κ1) is 19.7. The molecule has 2 fully saturated rings. The van der Waals surface area contributed by atoms with Crippen LogP contribution in [0.1, 0.15) is 44.9 Å². The number of hydrogen-bond acceptors (Lipinski definition) is 3. The zero-order valence-electron chi connectivity index (χ0n) is 15.8. The van der Waals surface area contributed by atoms with E-state index >= 15 is 0 Å². The van der Waals surface area contributed by atoms with Gasteiger partial charge in [-0.3, -0.25) is 0 Å². The molecule has 2 aliphatic rings. The first-order valence-electron chi connectivity index (χ1n) is 9.70. The van der Waals surface area contributed by atoms with Gasteiger partial charge in [-0.2, -0.15) is 0 Å². The van der Waals surface area contributed by atoms with Crippen LogP contribution in [0.4, 0.5) is 5.69 Å². The highest BCUT2D eigenvalue weighted by molar-refractivity contribution is 7.80. The van der Waals surface area contributed by atoms with E-state index in [0.717, 1.165) is 35.7 Å². The van der Waals surface area contributed by atoms with Crippen molar-refractivity contribution < 1.29 is 4.74 Å². The Morgan fingerprint density at radius 1 is 1.15 bits per heavy atom. The van der Waals surface area contributed by atoms with E-state index in [0.29, 0.717) is 11.1 Å². The molecular weight excluding hydrogens is 366 g/mol. The highest BCUT2D eigenvalue weighted by Crippen LogP contribution is 2.29. The van der Waals surface area contributed by atoms with E-state index in [1.165, 1.54) is 44.9 Å². The molecule has 6 heteroatoms. The molecule has 0 aromatic heterocycles. The standard InChI is InChI=1S/C20H30ClN3OS/c1-23(16-6-4-3-5-7-16)17-10-12-24(13-11-17)20(26)22-18-14-15(21)8-9-19(18)25-2/h8-9,14,16-17H,3-7,10-13H2,1-2H3,(H,22,26). The summed E-state index contributed by atoms with van der Waals surface area (Å²) in [5, 5.41) is 4.74. The van der Waals surface area contributed by atoms with Gasteiger partial charge in [0.25, 0.3) is 0 Å². The van der Waals surface area contributed by atoms with Crippen molar-refractivity contribution in [3.63, 3.8) is 0 Å². The van der Waals surface area contributed by atoms with Crippen LogP contribution in [0.5, 0.6) is 5.75 Å². The fourth-order valence-corrected chi connectivity index (χ4v) is 4.70. The minimum absolute atomic E-state index is 0.670. The Morgan fingerprint density at radius 3 is 2.46 bits per heavy atom. The second-order valence-electron chi connectivity index (χ2n) is 7.45. The summed E-state index contributed by atoms with van der Waals surface area (Å²) in [7, 11) is 3.98. The van der Waals surface area contributed by atoms with Crippen LogP contribution < -0.4 is 10.1 Å². The fraction of sp³-hybridized carbons (Fsp3) is 0.650. The van der Waals surface area contributed by atoms with Gasteiger partial charge in [0.15, 0.2) is 5.11 Å². The normalized spacial score (nSPS) is 19.6. The van der Waals surface area contributed by atoms with Gasteiger partial charge in [0.2, 0.25) is 0 Å². The second kappa shape index (κ2) is 9.25. The van der Waals surface area contributed by atoms with Crippen LogP contribution in [-0.2, 0) is 0 Å². The Bertz CT molecular complexity index is 613. The van der Waals surface area contributed by atoms with Gasteiger partial charge in [0.05, 0.1) is 12.8 Å². The van der Waals surface area contributed by atoms with Crippen molar-refractivity contribution in [2.45, 2.75) is 57.0 Å². The van der Waals surface area contributed by atoms with Gasteiger partial charge in [-0.1, -0.05) is 30.9 Å². The summed E-state index contributed by atoms with van der Waals surface area (Å²) in [5.74, 6) is 0.753. The van der Waals surface area contributed by atoms with Gasteiger partial charge < -0.3 is 19.9 Å². The average Bonchev–Trinajstić information content (AvgIpc) is 2.68. The van der Waals surface area contributed by atoms with Crippen LogP contribution in [0.3, 0.4) is 0 Å². The molecular formula is C20H30ClN3OS. The summed E-state index contributed by atoms with van der Waals surface area (Å²) in [5.41, 5.74) is 0.825. The van der Waals surface area contributed by atoms with Gasteiger partial charge in [0, 0.05) is 30.2 Å². The molecule has 1 aliphatic heterocycles. The lowest BCUT2D eigenvalue weighted by atomic mass is 9.92. The van der Waals surface area contributed by atoms with E-state index in [1.54, 1.807) is 7.11 Å². The third-order valence-corrected chi connectivity index (χ3v) is 6.48. The summed E-state index contributed by atoms with van der Waals surface area (Å²) in [6.45, 7) is 1.99. The first-order valence-corrected chi connectivity index (χ1v) is 10.5. The van der Waals surface area contributed by atoms with Crippen molar-refractivity contribution in [3.05, 3.63) is 23.2 Å².